The molecule has 0 radical (unpaired) electrons. The zero-order valence-corrected chi connectivity index (χ0v) is 14.3. The van der Waals surface area contributed by atoms with Crippen molar-refractivity contribution in [3.05, 3.63) is 54.2 Å². The largest absolute Gasteiger partial charge is 0.456 e. The number of ether oxygens (including phenoxy) is 1. The Balaban J connectivity index is 1.50. The van der Waals surface area contributed by atoms with Gasteiger partial charge < -0.3 is 14.6 Å². The van der Waals surface area contributed by atoms with Gasteiger partial charge in [-0.25, -0.2) is 9.97 Å². The van der Waals surface area contributed by atoms with E-state index in [4.69, 9.17) is 9.26 Å². The zero-order chi connectivity index (χ0) is 20.0. The van der Waals surface area contributed by atoms with Gasteiger partial charge in [-0.1, -0.05) is 17.3 Å². The maximum Gasteiger partial charge on any atom is 0.416 e. The van der Waals surface area contributed by atoms with Crippen molar-refractivity contribution in [1.82, 2.24) is 20.1 Å². The van der Waals surface area contributed by atoms with Crippen LogP contribution in [0.2, 0.25) is 0 Å². The highest BCUT2D eigenvalue weighted by molar-refractivity contribution is 5.69. The number of alkyl halides is 3. The van der Waals surface area contributed by atoms with E-state index in [1.165, 1.54) is 12.1 Å². The molecule has 146 valence electrons. The fraction of sp³-hybridized carbons (Fsp3) is 0.235. The summed E-state index contributed by atoms with van der Waals surface area (Å²) >= 11 is 0. The Morgan fingerprint density at radius 1 is 1.18 bits per heavy atom. The normalized spacial score (nSPS) is 11.2. The lowest BCUT2D eigenvalue weighted by atomic mass is 10.1. The van der Waals surface area contributed by atoms with E-state index in [0.717, 1.165) is 12.1 Å². The summed E-state index contributed by atoms with van der Waals surface area (Å²) in [4.78, 5) is 23.6. The minimum absolute atomic E-state index is 0.0277. The molecular weight excluding hydrogens is 379 g/mol. The third-order valence-electron chi connectivity index (χ3n) is 3.45. The molecule has 0 aliphatic rings. The first-order valence-electron chi connectivity index (χ1n) is 8.08. The maximum absolute atomic E-state index is 12.8. The standard InChI is InChI=1S/C17H14F3N5O3/c18-17(19,20)12-4-1-3-11(9-12)15-24-13(28-25-15)10-27-14(26)5-8-23-16-21-6-2-7-22-16/h1-4,6-7,9H,5,8,10H2,(H,21,22,23). The van der Waals surface area contributed by atoms with Gasteiger partial charge in [-0.2, -0.15) is 18.2 Å². The van der Waals surface area contributed by atoms with Crippen molar-refractivity contribution in [2.45, 2.75) is 19.2 Å². The first-order valence-corrected chi connectivity index (χ1v) is 8.08. The van der Waals surface area contributed by atoms with E-state index in [1.54, 1.807) is 18.5 Å². The smallest absolute Gasteiger partial charge is 0.416 e. The fourth-order valence-corrected chi connectivity index (χ4v) is 2.15. The zero-order valence-electron chi connectivity index (χ0n) is 14.3. The number of nitrogens with zero attached hydrogens (tertiary/aromatic N) is 4. The van der Waals surface area contributed by atoms with Gasteiger partial charge in [0.25, 0.3) is 5.89 Å². The van der Waals surface area contributed by atoms with Crippen LogP contribution in [0.25, 0.3) is 11.4 Å². The Hall–Kier alpha value is -3.50. The number of carbonyl (C=O) groups is 1. The molecule has 2 heterocycles. The summed E-state index contributed by atoms with van der Waals surface area (Å²) in [7, 11) is 0. The highest BCUT2D eigenvalue weighted by atomic mass is 19.4. The van der Waals surface area contributed by atoms with Gasteiger partial charge in [0.15, 0.2) is 6.61 Å². The summed E-state index contributed by atoms with van der Waals surface area (Å²) in [6.07, 6.45) is -1.31. The van der Waals surface area contributed by atoms with Gasteiger partial charge in [0.1, 0.15) is 0 Å². The second kappa shape index (κ2) is 8.46. The van der Waals surface area contributed by atoms with Crippen molar-refractivity contribution < 1.29 is 27.2 Å². The molecule has 0 bridgehead atoms. The lowest BCUT2D eigenvalue weighted by Crippen LogP contribution is -2.12. The van der Waals surface area contributed by atoms with E-state index in [1.807, 2.05) is 0 Å². The predicted molar refractivity (Wildman–Crippen MR) is 89.7 cm³/mol. The quantitative estimate of drug-likeness (QED) is 0.611. The first-order chi connectivity index (χ1) is 13.4. The van der Waals surface area contributed by atoms with Crippen molar-refractivity contribution in [3.63, 3.8) is 0 Å². The molecule has 0 atom stereocenters. The second-order valence-corrected chi connectivity index (χ2v) is 5.50. The van der Waals surface area contributed by atoms with Gasteiger partial charge in [-0.3, -0.25) is 4.79 Å². The molecule has 1 N–H and O–H groups in total. The summed E-state index contributed by atoms with van der Waals surface area (Å²) < 4.78 is 48.2. The second-order valence-electron chi connectivity index (χ2n) is 5.50. The molecule has 0 saturated carbocycles. The number of benzene rings is 1. The molecule has 0 fully saturated rings. The van der Waals surface area contributed by atoms with Crippen LogP contribution < -0.4 is 5.32 Å². The molecule has 0 unspecified atom stereocenters. The van der Waals surface area contributed by atoms with Gasteiger partial charge in [-0.15, -0.1) is 0 Å². The fourth-order valence-electron chi connectivity index (χ4n) is 2.15. The van der Waals surface area contributed by atoms with Crippen LogP contribution in [0.3, 0.4) is 0 Å². The number of hydrogen-bond acceptors (Lipinski definition) is 8. The molecular formula is C17H14F3N5O3. The van der Waals surface area contributed by atoms with E-state index in [2.05, 4.69) is 25.4 Å². The van der Waals surface area contributed by atoms with E-state index in [-0.39, 0.29) is 36.9 Å². The van der Waals surface area contributed by atoms with E-state index in [0.29, 0.717) is 5.95 Å². The van der Waals surface area contributed by atoms with Crippen LogP contribution in [0, 0.1) is 0 Å². The van der Waals surface area contributed by atoms with Crippen molar-refractivity contribution in [3.8, 4) is 11.4 Å². The lowest BCUT2D eigenvalue weighted by Gasteiger charge is -2.06. The Morgan fingerprint density at radius 3 is 2.71 bits per heavy atom. The van der Waals surface area contributed by atoms with Gasteiger partial charge in [0.05, 0.1) is 12.0 Å². The monoisotopic (exact) mass is 393 g/mol. The highest BCUT2D eigenvalue weighted by Crippen LogP contribution is 2.31. The number of rotatable bonds is 7. The molecule has 1 aromatic carbocycles. The van der Waals surface area contributed by atoms with Gasteiger partial charge >= 0.3 is 12.1 Å². The predicted octanol–water partition coefficient (Wildman–Crippen LogP) is 3.09. The van der Waals surface area contributed by atoms with Crippen LogP contribution in [-0.2, 0) is 22.3 Å². The summed E-state index contributed by atoms with van der Waals surface area (Å²) in [6, 6.07) is 6.20. The Kier molecular flexibility index (Phi) is 5.82. The average Bonchev–Trinajstić information content (AvgIpc) is 3.16. The van der Waals surface area contributed by atoms with Crippen LogP contribution in [0.4, 0.5) is 19.1 Å². The molecule has 0 aliphatic heterocycles. The van der Waals surface area contributed by atoms with Crippen LogP contribution >= 0.6 is 0 Å². The number of halogens is 3. The molecule has 0 aliphatic carbocycles. The number of carbonyl (C=O) groups excluding carboxylic acids is 1. The molecule has 0 spiro atoms. The minimum Gasteiger partial charge on any atom is -0.456 e. The number of nitrogens with one attached hydrogen (secondary N) is 1. The van der Waals surface area contributed by atoms with Crippen molar-refractivity contribution in [1.29, 1.82) is 0 Å². The molecule has 3 rings (SSSR count). The molecule has 0 saturated heterocycles. The van der Waals surface area contributed by atoms with Crippen molar-refractivity contribution >= 4 is 11.9 Å². The van der Waals surface area contributed by atoms with E-state index >= 15 is 0 Å². The molecule has 11 heteroatoms. The number of hydrogen-bond donors (Lipinski definition) is 1. The van der Waals surface area contributed by atoms with Crippen LogP contribution in [0.15, 0.2) is 47.2 Å². The molecule has 3 aromatic rings. The van der Waals surface area contributed by atoms with Gasteiger partial charge in [0, 0.05) is 24.5 Å². The molecule has 0 amide bonds. The van der Waals surface area contributed by atoms with E-state index < -0.39 is 17.7 Å². The summed E-state index contributed by atoms with van der Waals surface area (Å²) in [6.45, 7) is -0.0191. The van der Waals surface area contributed by atoms with E-state index in [9.17, 15) is 18.0 Å². The molecule has 8 nitrogen and oxygen atoms in total. The Morgan fingerprint density at radius 2 is 1.96 bits per heavy atom. The number of esters is 1. The van der Waals surface area contributed by atoms with Gasteiger partial charge in [0.2, 0.25) is 11.8 Å². The SMILES string of the molecule is O=C(CCNc1ncccn1)OCc1nc(-c2cccc(C(F)(F)F)c2)no1. The van der Waals surface area contributed by atoms with Crippen molar-refractivity contribution in [2.75, 3.05) is 11.9 Å². The third-order valence-corrected chi connectivity index (χ3v) is 3.45. The first kappa shape index (κ1) is 19.3. The summed E-state index contributed by atoms with van der Waals surface area (Å²) in [5.74, 6) is -0.194. The number of anilines is 1. The summed E-state index contributed by atoms with van der Waals surface area (Å²) in [5, 5.41) is 6.47. The Labute approximate surface area is 156 Å². The Bertz CT molecular complexity index is 931. The molecule has 28 heavy (non-hydrogen) atoms. The minimum atomic E-state index is -4.48. The van der Waals surface area contributed by atoms with Gasteiger partial charge in [-0.05, 0) is 18.2 Å². The molecule has 2 aromatic heterocycles. The highest BCUT2D eigenvalue weighted by Gasteiger charge is 2.30. The van der Waals surface area contributed by atoms with Crippen LogP contribution in [0.5, 0.6) is 0 Å². The van der Waals surface area contributed by atoms with Crippen LogP contribution in [0.1, 0.15) is 17.9 Å². The number of aromatic nitrogens is 4. The van der Waals surface area contributed by atoms with Crippen LogP contribution in [-0.4, -0.2) is 32.6 Å². The third kappa shape index (κ3) is 5.25. The van der Waals surface area contributed by atoms with Crippen molar-refractivity contribution in [2.24, 2.45) is 0 Å². The average molecular weight is 393 g/mol. The summed E-state index contributed by atoms with van der Waals surface area (Å²) in [5.41, 5.74) is -0.680. The lowest BCUT2D eigenvalue weighted by molar-refractivity contribution is -0.145. The topological polar surface area (TPSA) is 103 Å². The maximum atomic E-state index is 12.8.